The lowest BCUT2D eigenvalue weighted by atomic mass is 10.0. The van der Waals surface area contributed by atoms with E-state index in [2.05, 4.69) is 12.2 Å². The number of carbonyl (C=O) groups is 1. The zero-order valence-electron chi connectivity index (χ0n) is 19.3. The predicted molar refractivity (Wildman–Crippen MR) is 125 cm³/mol. The highest BCUT2D eigenvalue weighted by atomic mass is 16.6. The Kier molecular flexibility index (Phi) is 8.07. The number of amides is 1. The highest BCUT2D eigenvalue weighted by molar-refractivity contribution is 5.76. The Balaban J connectivity index is 1.36. The van der Waals surface area contributed by atoms with E-state index in [9.17, 15) is 9.90 Å². The molecule has 7 heteroatoms. The first-order chi connectivity index (χ1) is 16.1. The summed E-state index contributed by atoms with van der Waals surface area (Å²) in [6, 6.07) is 13.0. The number of quaternary nitrogens is 1. The van der Waals surface area contributed by atoms with Crippen LogP contribution in [0.4, 0.5) is 0 Å². The number of carbonyl (C=O) groups excluding carboxylic acids is 1. The molecular formula is C26H35N2O5+. The lowest BCUT2D eigenvalue weighted by Gasteiger charge is -2.27. The van der Waals surface area contributed by atoms with Crippen LogP contribution in [0.5, 0.6) is 17.2 Å². The van der Waals surface area contributed by atoms with Crippen molar-refractivity contribution in [3.05, 3.63) is 53.6 Å². The number of benzene rings is 2. The number of hydrogen-bond acceptors (Lipinski definition) is 5. The molecule has 0 unspecified atom stereocenters. The zero-order chi connectivity index (χ0) is 23.0. The molecule has 2 aliphatic heterocycles. The molecule has 3 N–H and O–H groups in total. The van der Waals surface area contributed by atoms with E-state index in [0.717, 1.165) is 30.8 Å². The summed E-state index contributed by atoms with van der Waals surface area (Å²) in [5, 5.41) is 14.3. The molecule has 33 heavy (non-hydrogen) atoms. The quantitative estimate of drug-likeness (QED) is 0.508. The summed E-state index contributed by atoms with van der Waals surface area (Å²) in [6.07, 6.45) is 2.74. The van der Waals surface area contributed by atoms with Gasteiger partial charge in [0.2, 0.25) is 5.91 Å². The van der Waals surface area contributed by atoms with Gasteiger partial charge in [0.15, 0.2) is 11.5 Å². The Hall–Kier alpha value is -2.77. The highest BCUT2D eigenvalue weighted by Crippen LogP contribution is 2.33. The van der Waals surface area contributed by atoms with Crippen LogP contribution in [0.15, 0.2) is 42.5 Å². The molecule has 178 valence electrons. The maximum Gasteiger partial charge on any atom is 0.223 e. The fourth-order valence-corrected chi connectivity index (χ4v) is 4.47. The number of aliphatic hydroxyl groups is 1. The van der Waals surface area contributed by atoms with Crippen LogP contribution < -0.4 is 24.4 Å². The molecule has 4 rings (SSSR count). The standard InChI is InChI=1S/C26H34N2O5/c1-2-19-5-8-21(9-6-19)31-14-11-25(29)27-22(18-28-12-3-4-13-28)26(30)20-7-10-23-24(17-20)33-16-15-32-23/h5-10,17,22,26,30H,2-4,11-16,18H2,1H3,(H,27,29)/p+1/t22-,26-/m1/s1. The SMILES string of the molecule is CCc1ccc(OCCC(=O)N[C@H](C[NH+]2CCCC2)[C@H](O)c2ccc3c(c2)OCCO3)cc1. The summed E-state index contributed by atoms with van der Waals surface area (Å²) in [5.74, 6) is 1.96. The van der Waals surface area contributed by atoms with Crippen molar-refractivity contribution < 1.29 is 29.0 Å². The summed E-state index contributed by atoms with van der Waals surface area (Å²) in [4.78, 5) is 14.1. The first kappa shape index (κ1) is 23.4. The van der Waals surface area contributed by atoms with Gasteiger partial charge in [-0.3, -0.25) is 4.79 Å². The third-order valence-corrected chi connectivity index (χ3v) is 6.38. The van der Waals surface area contributed by atoms with E-state index >= 15 is 0 Å². The average Bonchev–Trinajstić information content (AvgIpc) is 3.36. The van der Waals surface area contributed by atoms with E-state index in [4.69, 9.17) is 14.2 Å². The van der Waals surface area contributed by atoms with E-state index in [0.29, 0.717) is 37.9 Å². The summed E-state index contributed by atoms with van der Waals surface area (Å²) < 4.78 is 17.0. The Labute approximate surface area is 195 Å². The smallest absolute Gasteiger partial charge is 0.223 e. The fraction of sp³-hybridized carbons (Fsp3) is 0.500. The normalized spacial score (nSPS) is 17.4. The molecule has 1 fully saturated rings. The number of hydrogen-bond donors (Lipinski definition) is 3. The molecule has 0 bridgehead atoms. The largest absolute Gasteiger partial charge is 0.493 e. The minimum atomic E-state index is -0.833. The van der Waals surface area contributed by atoms with Crippen molar-refractivity contribution in [2.75, 3.05) is 39.5 Å². The van der Waals surface area contributed by atoms with Crippen LogP contribution in [0, 0.1) is 0 Å². The van der Waals surface area contributed by atoms with Gasteiger partial charge in [-0.15, -0.1) is 0 Å². The molecule has 0 saturated carbocycles. The topological polar surface area (TPSA) is 81.5 Å². The van der Waals surface area contributed by atoms with Gasteiger partial charge in [0.1, 0.15) is 37.7 Å². The predicted octanol–water partition coefficient (Wildman–Crippen LogP) is 1.69. The molecule has 2 atom stereocenters. The van der Waals surface area contributed by atoms with Crippen LogP contribution in [0.25, 0.3) is 0 Å². The van der Waals surface area contributed by atoms with Gasteiger partial charge in [0.25, 0.3) is 0 Å². The minimum Gasteiger partial charge on any atom is -0.493 e. The van der Waals surface area contributed by atoms with Crippen molar-refractivity contribution in [1.29, 1.82) is 0 Å². The second kappa shape index (κ2) is 11.4. The number of nitrogens with one attached hydrogen (secondary N) is 2. The number of fused-ring (bicyclic) bond motifs is 1. The molecule has 1 amide bonds. The molecule has 0 aliphatic carbocycles. The minimum absolute atomic E-state index is 0.125. The van der Waals surface area contributed by atoms with Crippen molar-refractivity contribution in [2.24, 2.45) is 0 Å². The molecule has 0 radical (unpaired) electrons. The third kappa shape index (κ3) is 6.39. The van der Waals surface area contributed by atoms with Gasteiger partial charge in [-0.2, -0.15) is 0 Å². The molecular weight excluding hydrogens is 420 g/mol. The molecule has 2 aromatic rings. The van der Waals surface area contributed by atoms with E-state index in [1.165, 1.54) is 23.3 Å². The summed E-state index contributed by atoms with van der Waals surface area (Å²) >= 11 is 0. The number of likely N-dealkylation sites (tertiary alicyclic amines) is 1. The Morgan fingerprint density at radius 3 is 2.55 bits per heavy atom. The van der Waals surface area contributed by atoms with E-state index in [1.807, 2.05) is 42.5 Å². The number of rotatable bonds is 10. The maximum absolute atomic E-state index is 12.7. The Morgan fingerprint density at radius 2 is 1.82 bits per heavy atom. The maximum atomic E-state index is 12.7. The van der Waals surface area contributed by atoms with Gasteiger partial charge < -0.3 is 29.5 Å². The highest BCUT2D eigenvalue weighted by Gasteiger charge is 2.30. The van der Waals surface area contributed by atoms with Crippen LogP contribution in [0.1, 0.15) is 43.4 Å². The monoisotopic (exact) mass is 455 g/mol. The van der Waals surface area contributed by atoms with Crippen molar-refractivity contribution in [2.45, 2.75) is 44.8 Å². The molecule has 2 aromatic carbocycles. The fourth-order valence-electron chi connectivity index (χ4n) is 4.47. The van der Waals surface area contributed by atoms with E-state index in [1.54, 1.807) is 0 Å². The lowest BCUT2D eigenvalue weighted by Crippen LogP contribution is -3.11. The van der Waals surface area contributed by atoms with Gasteiger partial charge in [-0.05, 0) is 41.8 Å². The third-order valence-electron chi connectivity index (χ3n) is 6.38. The van der Waals surface area contributed by atoms with Gasteiger partial charge >= 0.3 is 0 Å². The van der Waals surface area contributed by atoms with Crippen LogP contribution in [0.2, 0.25) is 0 Å². The molecule has 0 spiro atoms. The van der Waals surface area contributed by atoms with E-state index < -0.39 is 12.1 Å². The summed E-state index contributed by atoms with van der Waals surface area (Å²) in [7, 11) is 0. The average molecular weight is 456 g/mol. The van der Waals surface area contributed by atoms with Crippen molar-refractivity contribution >= 4 is 5.91 Å². The first-order valence-electron chi connectivity index (χ1n) is 12.0. The second-order valence-electron chi connectivity index (χ2n) is 8.78. The number of aliphatic hydroxyl groups excluding tert-OH is 1. The lowest BCUT2D eigenvalue weighted by molar-refractivity contribution is -0.889. The molecule has 7 nitrogen and oxygen atoms in total. The van der Waals surface area contributed by atoms with E-state index in [-0.39, 0.29) is 12.3 Å². The molecule has 1 saturated heterocycles. The zero-order valence-corrected chi connectivity index (χ0v) is 19.3. The van der Waals surface area contributed by atoms with Gasteiger partial charge in [-0.25, -0.2) is 0 Å². The number of ether oxygens (including phenoxy) is 3. The van der Waals surface area contributed by atoms with Gasteiger partial charge in [0, 0.05) is 12.8 Å². The Morgan fingerprint density at radius 1 is 1.09 bits per heavy atom. The summed E-state index contributed by atoms with van der Waals surface area (Å²) in [6.45, 7) is 6.23. The van der Waals surface area contributed by atoms with Crippen molar-refractivity contribution in [1.82, 2.24) is 5.32 Å². The molecule has 0 aromatic heterocycles. The molecule has 2 aliphatic rings. The summed E-state index contributed by atoms with van der Waals surface area (Å²) in [5.41, 5.74) is 1.97. The van der Waals surface area contributed by atoms with Crippen molar-refractivity contribution in [3.8, 4) is 17.2 Å². The van der Waals surface area contributed by atoms with Crippen LogP contribution in [-0.4, -0.2) is 56.5 Å². The Bertz CT molecular complexity index is 911. The van der Waals surface area contributed by atoms with Gasteiger partial charge in [-0.1, -0.05) is 25.1 Å². The molecule has 2 heterocycles. The van der Waals surface area contributed by atoms with Crippen LogP contribution >= 0.6 is 0 Å². The second-order valence-corrected chi connectivity index (χ2v) is 8.78. The van der Waals surface area contributed by atoms with Crippen molar-refractivity contribution in [3.63, 3.8) is 0 Å². The van der Waals surface area contributed by atoms with Crippen LogP contribution in [0.3, 0.4) is 0 Å². The first-order valence-corrected chi connectivity index (χ1v) is 12.0. The van der Waals surface area contributed by atoms with Gasteiger partial charge in [0.05, 0.1) is 26.1 Å². The van der Waals surface area contributed by atoms with Crippen LogP contribution in [-0.2, 0) is 11.2 Å². The number of aryl methyl sites for hydroxylation is 1.